The zero-order chi connectivity index (χ0) is 14.2. The molecule has 0 aromatic carbocycles. The van der Waals surface area contributed by atoms with E-state index < -0.39 is 41.4 Å². The van der Waals surface area contributed by atoms with Gasteiger partial charge in [0.15, 0.2) is 6.29 Å². The minimum Gasteiger partial charge on any atom is -0.394 e. The maximum Gasteiger partial charge on any atom is 0.394 e. The highest BCUT2D eigenvalue weighted by molar-refractivity contribution is 7.79. The van der Waals surface area contributed by atoms with Crippen LogP contribution >= 0.6 is 0 Å². The van der Waals surface area contributed by atoms with Crippen molar-refractivity contribution in [1.29, 1.82) is 0 Å². The predicted octanol–water partition coefficient (Wildman–Crippen LogP) is -3.87. The second-order valence-electron chi connectivity index (χ2n) is 2.81. The Morgan fingerprint density at radius 3 is 1.56 bits per heavy atom. The highest BCUT2D eigenvalue weighted by Gasteiger charge is 2.29. The van der Waals surface area contributed by atoms with Gasteiger partial charge in [0.1, 0.15) is 24.4 Å². The number of aldehydes is 1. The molecule has 0 amide bonds. The Hall–Kier alpha value is -0.700. The third-order valence-corrected chi connectivity index (χ3v) is 1.42. The van der Waals surface area contributed by atoms with Gasteiger partial charge in [0.2, 0.25) is 0 Å². The van der Waals surface area contributed by atoms with Crippen LogP contribution in [0.15, 0.2) is 0 Å². The maximum absolute atomic E-state index is 9.90. The SMILES string of the molecule is N.O=CC(O)C(O)C(O)C(O)CO.O=S(=O)(O)O. The van der Waals surface area contributed by atoms with Crippen LogP contribution in [0.5, 0.6) is 0 Å². The maximum atomic E-state index is 9.90. The summed E-state index contributed by atoms with van der Waals surface area (Å²) in [5.74, 6) is 0. The summed E-state index contributed by atoms with van der Waals surface area (Å²) < 4.78 is 31.6. The van der Waals surface area contributed by atoms with Crippen molar-refractivity contribution in [3.63, 3.8) is 0 Å². The lowest BCUT2D eigenvalue weighted by molar-refractivity contribution is -0.136. The average molecular weight is 295 g/mol. The summed E-state index contributed by atoms with van der Waals surface area (Å²) in [6.45, 7) is -0.760. The standard InChI is InChI=1S/C6H12O6.H3N.H2O4S/c7-1-3(9)5(11)6(12)4(10)2-8;;1-5(2,3)4/h1,3-6,8-12H,2H2;1H3;(H2,1,2,3,4). The molecule has 112 valence electrons. The van der Waals surface area contributed by atoms with Crippen molar-refractivity contribution in [2.45, 2.75) is 24.4 Å². The van der Waals surface area contributed by atoms with Crippen LogP contribution in [-0.4, -0.2) is 80.4 Å². The van der Waals surface area contributed by atoms with Gasteiger partial charge in [0.25, 0.3) is 0 Å². The van der Waals surface area contributed by atoms with Crippen molar-refractivity contribution >= 4 is 16.7 Å². The Kier molecular flexibility index (Phi) is 12.8. The van der Waals surface area contributed by atoms with Crippen LogP contribution in [0.4, 0.5) is 0 Å². The molecule has 0 bridgehead atoms. The molecule has 0 aromatic rings. The van der Waals surface area contributed by atoms with Gasteiger partial charge in [-0.25, -0.2) is 0 Å². The third-order valence-electron chi connectivity index (χ3n) is 1.42. The molecule has 10 N–H and O–H groups in total. The van der Waals surface area contributed by atoms with E-state index in [2.05, 4.69) is 0 Å². The number of carbonyl (C=O) groups is 1. The Labute approximate surface area is 102 Å². The Morgan fingerprint density at radius 1 is 1.00 bits per heavy atom. The van der Waals surface area contributed by atoms with Crippen LogP contribution < -0.4 is 6.15 Å². The fraction of sp³-hybridized carbons (Fsp3) is 0.833. The van der Waals surface area contributed by atoms with Gasteiger partial charge in [0.05, 0.1) is 6.61 Å². The first kappa shape index (κ1) is 22.5. The van der Waals surface area contributed by atoms with Crippen molar-refractivity contribution in [2.24, 2.45) is 0 Å². The average Bonchev–Trinajstić information content (AvgIpc) is 2.22. The summed E-state index contributed by atoms with van der Waals surface area (Å²) in [6.07, 6.45) is -6.84. The van der Waals surface area contributed by atoms with Crippen molar-refractivity contribution in [3.8, 4) is 0 Å². The molecule has 0 saturated heterocycles. The normalized spacial score (nSPS) is 17.3. The molecule has 0 spiro atoms. The number of hydrogen-bond acceptors (Lipinski definition) is 9. The second kappa shape index (κ2) is 10.2. The number of aliphatic hydroxyl groups excluding tert-OH is 5. The van der Waals surface area contributed by atoms with Crippen LogP contribution in [0.2, 0.25) is 0 Å². The molecule has 0 aliphatic heterocycles. The smallest absolute Gasteiger partial charge is 0.394 e. The molecule has 11 nitrogen and oxygen atoms in total. The molecule has 0 heterocycles. The lowest BCUT2D eigenvalue weighted by Gasteiger charge is -2.22. The van der Waals surface area contributed by atoms with E-state index in [1.807, 2.05) is 0 Å². The predicted molar refractivity (Wildman–Crippen MR) is 56.4 cm³/mol. The highest BCUT2D eigenvalue weighted by Crippen LogP contribution is 2.02. The summed E-state index contributed by atoms with van der Waals surface area (Å²) >= 11 is 0. The van der Waals surface area contributed by atoms with Gasteiger partial charge >= 0.3 is 10.4 Å². The van der Waals surface area contributed by atoms with E-state index in [1.54, 1.807) is 0 Å². The molecular weight excluding hydrogens is 278 g/mol. The van der Waals surface area contributed by atoms with Gasteiger partial charge in [-0.15, -0.1) is 0 Å². The first-order valence-electron chi connectivity index (χ1n) is 4.02. The largest absolute Gasteiger partial charge is 0.394 e. The first-order chi connectivity index (χ1) is 7.54. The van der Waals surface area contributed by atoms with Gasteiger partial charge in [-0.2, -0.15) is 8.42 Å². The first-order valence-corrected chi connectivity index (χ1v) is 5.42. The molecule has 4 atom stereocenters. The molecule has 0 saturated carbocycles. The number of rotatable bonds is 5. The zero-order valence-electron chi connectivity index (χ0n) is 9.06. The van der Waals surface area contributed by atoms with Gasteiger partial charge in [-0.1, -0.05) is 0 Å². The van der Waals surface area contributed by atoms with E-state index in [1.165, 1.54) is 0 Å². The molecule has 0 fully saturated rings. The van der Waals surface area contributed by atoms with Crippen molar-refractivity contribution in [3.05, 3.63) is 0 Å². The number of hydrogen-bond donors (Lipinski definition) is 8. The Morgan fingerprint density at radius 2 is 1.33 bits per heavy atom. The van der Waals surface area contributed by atoms with Gasteiger partial charge in [-0.3, -0.25) is 9.11 Å². The number of aliphatic hydroxyl groups is 5. The molecule has 0 aromatic heterocycles. The highest BCUT2D eigenvalue weighted by atomic mass is 32.3. The minimum atomic E-state index is -4.67. The van der Waals surface area contributed by atoms with Gasteiger partial charge in [0, 0.05) is 0 Å². The quantitative estimate of drug-likeness (QED) is 0.180. The molecule has 0 aliphatic carbocycles. The van der Waals surface area contributed by atoms with E-state index in [4.69, 9.17) is 43.1 Å². The third kappa shape index (κ3) is 13.4. The van der Waals surface area contributed by atoms with Crippen LogP contribution in [0, 0.1) is 0 Å². The summed E-state index contributed by atoms with van der Waals surface area (Å²) in [5, 5.41) is 43.5. The second-order valence-corrected chi connectivity index (χ2v) is 3.70. The summed E-state index contributed by atoms with van der Waals surface area (Å²) in [4.78, 5) is 9.90. The van der Waals surface area contributed by atoms with Crippen LogP contribution in [0.3, 0.4) is 0 Å². The minimum absolute atomic E-state index is 0. The molecule has 18 heavy (non-hydrogen) atoms. The van der Waals surface area contributed by atoms with Crippen molar-refractivity contribution < 1.29 is 47.9 Å². The molecule has 0 radical (unpaired) electrons. The molecule has 12 heteroatoms. The van der Waals surface area contributed by atoms with Crippen molar-refractivity contribution in [2.75, 3.05) is 6.61 Å². The lowest BCUT2D eigenvalue weighted by atomic mass is 10.0. The molecular formula is C6H17NO10S. The topological polar surface area (TPSA) is 228 Å². The van der Waals surface area contributed by atoms with Gasteiger partial charge < -0.3 is 36.5 Å². The van der Waals surface area contributed by atoms with E-state index in [0.717, 1.165) is 0 Å². The van der Waals surface area contributed by atoms with E-state index in [-0.39, 0.29) is 12.4 Å². The van der Waals surface area contributed by atoms with Crippen LogP contribution in [0.1, 0.15) is 0 Å². The van der Waals surface area contributed by atoms with E-state index in [9.17, 15) is 4.79 Å². The zero-order valence-corrected chi connectivity index (χ0v) is 9.88. The Balaban J connectivity index is -0.000000321. The lowest BCUT2D eigenvalue weighted by Crippen LogP contribution is -2.46. The fourth-order valence-corrected chi connectivity index (χ4v) is 0.618. The van der Waals surface area contributed by atoms with Crippen LogP contribution in [0.25, 0.3) is 0 Å². The van der Waals surface area contributed by atoms with Crippen molar-refractivity contribution in [1.82, 2.24) is 6.15 Å². The monoisotopic (exact) mass is 295 g/mol. The van der Waals surface area contributed by atoms with Gasteiger partial charge in [-0.05, 0) is 0 Å². The van der Waals surface area contributed by atoms with E-state index in [0.29, 0.717) is 0 Å². The summed E-state index contributed by atoms with van der Waals surface area (Å²) in [6, 6.07) is 0. The number of carbonyl (C=O) groups excluding carboxylic acids is 1. The molecule has 0 aliphatic rings. The molecule has 4 unspecified atom stereocenters. The molecule has 0 rings (SSSR count). The van der Waals surface area contributed by atoms with Crippen LogP contribution in [-0.2, 0) is 15.2 Å². The summed E-state index contributed by atoms with van der Waals surface area (Å²) in [5.41, 5.74) is 0. The van der Waals surface area contributed by atoms with E-state index >= 15 is 0 Å². The Bertz CT molecular complexity index is 297. The summed E-state index contributed by atoms with van der Waals surface area (Å²) in [7, 11) is -4.67. The fourth-order valence-electron chi connectivity index (χ4n) is 0.618.